The van der Waals surface area contributed by atoms with Gasteiger partial charge in [0.2, 0.25) is 5.91 Å². The molecule has 1 atom stereocenters. The van der Waals surface area contributed by atoms with Crippen LogP contribution < -0.4 is 5.32 Å². The molecule has 1 amide bonds. The summed E-state index contributed by atoms with van der Waals surface area (Å²) in [5.74, 6) is -2.08. The van der Waals surface area contributed by atoms with Crippen molar-refractivity contribution in [2.24, 2.45) is 0 Å². The number of aromatic nitrogens is 2. The summed E-state index contributed by atoms with van der Waals surface area (Å²) in [6.07, 6.45) is 2.06. The zero-order chi connectivity index (χ0) is 18.7. The minimum atomic E-state index is -1.17. The standard InChI is InChI=1S/C16H19N3O5S/c1-5-10-9(3)25-14(12(10)16(23)24-4)17-13(20)8(2)19-7-6-11(18-19)15(21)22/h6-8H,5H2,1-4H3,(H,17,20)(H,21,22). The van der Waals surface area contributed by atoms with E-state index in [1.54, 1.807) is 6.92 Å². The summed E-state index contributed by atoms with van der Waals surface area (Å²) in [5.41, 5.74) is 1.06. The Morgan fingerprint density at radius 3 is 2.64 bits per heavy atom. The van der Waals surface area contributed by atoms with Crippen molar-refractivity contribution in [1.29, 1.82) is 0 Å². The molecule has 2 rings (SSSR count). The van der Waals surface area contributed by atoms with Gasteiger partial charge in [-0.15, -0.1) is 11.3 Å². The van der Waals surface area contributed by atoms with Crippen LogP contribution in [0.15, 0.2) is 12.3 Å². The van der Waals surface area contributed by atoms with Gasteiger partial charge < -0.3 is 15.2 Å². The van der Waals surface area contributed by atoms with Crippen molar-refractivity contribution in [3.63, 3.8) is 0 Å². The summed E-state index contributed by atoms with van der Waals surface area (Å²) in [6, 6.07) is 0.572. The molecule has 0 spiro atoms. The Kier molecular flexibility index (Phi) is 5.58. The van der Waals surface area contributed by atoms with Crippen LogP contribution in [-0.2, 0) is 16.0 Å². The van der Waals surface area contributed by atoms with E-state index in [0.29, 0.717) is 17.0 Å². The number of anilines is 1. The monoisotopic (exact) mass is 365 g/mol. The molecule has 0 bridgehead atoms. The topological polar surface area (TPSA) is 111 Å². The Balaban J connectivity index is 2.27. The van der Waals surface area contributed by atoms with E-state index in [4.69, 9.17) is 9.84 Å². The molecular formula is C16H19N3O5S. The highest BCUT2D eigenvalue weighted by Crippen LogP contribution is 2.34. The second-order valence-corrected chi connectivity index (χ2v) is 6.56. The van der Waals surface area contributed by atoms with Crippen molar-refractivity contribution < 1.29 is 24.2 Å². The lowest BCUT2D eigenvalue weighted by molar-refractivity contribution is -0.119. The number of rotatable bonds is 6. The molecule has 0 aromatic carbocycles. The molecule has 8 nitrogen and oxygen atoms in total. The van der Waals surface area contributed by atoms with Gasteiger partial charge in [-0.3, -0.25) is 9.48 Å². The van der Waals surface area contributed by atoms with Crippen molar-refractivity contribution in [3.8, 4) is 0 Å². The number of aryl methyl sites for hydroxylation is 1. The number of amides is 1. The third kappa shape index (κ3) is 3.71. The van der Waals surface area contributed by atoms with E-state index in [1.807, 2.05) is 13.8 Å². The largest absolute Gasteiger partial charge is 0.476 e. The molecule has 25 heavy (non-hydrogen) atoms. The summed E-state index contributed by atoms with van der Waals surface area (Å²) < 4.78 is 6.08. The van der Waals surface area contributed by atoms with Crippen molar-refractivity contribution in [3.05, 3.63) is 34.0 Å². The highest BCUT2D eigenvalue weighted by Gasteiger charge is 2.25. The van der Waals surface area contributed by atoms with Gasteiger partial charge in [0.15, 0.2) is 5.69 Å². The maximum absolute atomic E-state index is 12.5. The molecule has 0 saturated heterocycles. The van der Waals surface area contributed by atoms with Crippen LogP contribution in [0.4, 0.5) is 5.00 Å². The first-order valence-electron chi connectivity index (χ1n) is 7.60. The average Bonchev–Trinajstić information content (AvgIpc) is 3.18. The maximum atomic E-state index is 12.5. The lowest BCUT2D eigenvalue weighted by Crippen LogP contribution is -2.25. The van der Waals surface area contributed by atoms with Crippen molar-refractivity contribution in [1.82, 2.24) is 9.78 Å². The number of hydrogen-bond donors (Lipinski definition) is 2. The number of methoxy groups -OCH3 is 1. The van der Waals surface area contributed by atoms with E-state index >= 15 is 0 Å². The first-order valence-corrected chi connectivity index (χ1v) is 8.41. The molecular weight excluding hydrogens is 346 g/mol. The second kappa shape index (κ2) is 7.47. The summed E-state index contributed by atoms with van der Waals surface area (Å²) in [6.45, 7) is 5.39. The van der Waals surface area contributed by atoms with Gasteiger partial charge in [-0.2, -0.15) is 5.10 Å². The van der Waals surface area contributed by atoms with E-state index in [-0.39, 0.29) is 5.69 Å². The Labute approximate surface area is 148 Å². The smallest absolute Gasteiger partial charge is 0.356 e. The number of nitrogens with one attached hydrogen (secondary N) is 1. The molecule has 1 unspecified atom stereocenters. The van der Waals surface area contributed by atoms with Gasteiger partial charge in [-0.25, -0.2) is 9.59 Å². The second-order valence-electron chi connectivity index (χ2n) is 5.34. The van der Waals surface area contributed by atoms with E-state index in [0.717, 1.165) is 10.4 Å². The fourth-order valence-corrected chi connectivity index (χ4v) is 3.55. The predicted octanol–water partition coefficient (Wildman–Crippen LogP) is 2.50. The number of carboxylic acids is 1. The van der Waals surface area contributed by atoms with Crippen LogP contribution in [0, 0.1) is 6.92 Å². The summed E-state index contributed by atoms with van der Waals surface area (Å²) in [4.78, 5) is 36.4. The number of hydrogen-bond acceptors (Lipinski definition) is 6. The van der Waals surface area contributed by atoms with Crippen molar-refractivity contribution in [2.45, 2.75) is 33.2 Å². The average molecular weight is 365 g/mol. The Hall–Kier alpha value is -2.68. The zero-order valence-corrected chi connectivity index (χ0v) is 15.1. The highest BCUT2D eigenvalue weighted by molar-refractivity contribution is 7.16. The van der Waals surface area contributed by atoms with Gasteiger partial charge >= 0.3 is 11.9 Å². The number of carbonyl (C=O) groups is 3. The van der Waals surface area contributed by atoms with E-state index < -0.39 is 23.9 Å². The molecule has 0 aliphatic rings. The quantitative estimate of drug-likeness (QED) is 0.761. The number of thiophene rings is 1. The number of aromatic carboxylic acids is 1. The fraction of sp³-hybridized carbons (Fsp3) is 0.375. The zero-order valence-electron chi connectivity index (χ0n) is 14.3. The number of nitrogens with zero attached hydrogens (tertiary/aromatic N) is 2. The first kappa shape index (κ1) is 18.7. The van der Waals surface area contributed by atoms with Crippen molar-refractivity contribution in [2.75, 3.05) is 12.4 Å². The first-order chi connectivity index (χ1) is 11.8. The predicted molar refractivity (Wildman–Crippen MR) is 92.3 cm³/mol. The SMILES string of the molecule is CCc1c(C)sc(NC(=O)C(C)n2ccc(C(=O)O)n2)c1C(=O)OC. The Bertz CT molecular complexity index is 824. The molecule has 0 radical (unpaired) electrons. The van der Waals surface area contributed by atoms with Gasteiger partial charge in [0.25, 0.3) is 0 Å². The van der Waals surface area contributed by atoms with Crippen LogP contribution >= 0.6 is 11.3 Å². The van der Waals surface area contributed by atoms with Crippen LogP contribution in [0.5, 0.6) is 0 Å². The Morgan fingerprint density at radius 2 is 2.12 bits per heavy atom. The minimum Gasteiger partial charge on any atom is -0.476 e. The molecule has 2 aromatic heterocycles. The van der Waals surface area contributed by atoms with Gasteiger partial charge in [0.1, 0.15) is 11.0 Å². The summed E-state index contributed by atoms with van der Waals surface area (Å²) in [7, 11) is 1.29. The van der Waals surface area contributed by atoms with Gasteiger partial charge in [-0.05, 0) is 31.9 Å². The van der Waals surface area contributed by atoms with Crippen LogP contribution in [0.2, 0.25) is 0 Å². The maximum Gasteiger partial charge on any atom is 0.356 e. The fourth-order valence-electron chi connectivity index (χ4n) is 2.41. The molecule has 0 aliphatic carbocycles. The van der Waals surface area contributed by atoms with Crippen molar-refractivity contribution >= 4 is 34.2 Å². The molecule has 2 N–H and O–H groups in total. The number of carboxylic acid groups (broad SMARTS) is 1. The molecule has 9 heteroatoms. The summed E-state index contributed by atoms with van der Waals surface area (Å²) in [5, 5.41) is 15.9. The van der Waals surface area contributed by atoms with E-state index in [2.05, 4.69) is 10.4 Å². The van der Waals surface area contributed by atoms with Crippen LogP contribution in [0.1, 0.15) is 51.2 Å². The lowest BCUT2D eigenvalue weighted by Gasteiger charge is -2.13. The van der Waals surface area contributed by atoms with E-state index in [9.17, 15) is 14.4 Å². The molecule has 134 valence electrons. The summed E-state index contributed by atoms with van der Waals surface area (Å²) >= 11 is 1.30. The minimum absolute atomic E-state index is 0.143. The third-order valence-corrected chi connectivity index (χ3v) is 4.86. The van der Waals surface area contributed by atoms with Crippen LogP contribution in [-0.4, -0.2) is 39.8 Å². The highest BCUT2D eigenvalue weighted by atomic mass is 32.1. The molecule has 2 aromatic rings. The van der Waals surface area contributed by atoms with Crippen LogP contribution in [0.3, 0.4) is 0 Å². The van der Waals surface area contributed by atoms with Gasteiger partial charge in [-0.1, -0.05) is 6.92 Å². The van der Waals surface area contributed by atoms with Gasteiger partial charge in [0.05, 0.1) is 12.7 Å². The Morgan fingerprint density at radius 1 is 1.44 bits per heavy atom. The molecule has 0 fully saturated rings. The number of carbonyl (C=O) groups excluding carboxylic acids is 2. The molecule has 0 aliphatic heterocycles. The molecule has 0 saturated carbocycles. The van der Waals surface area contributed by atoms with E-state index in [1.165, 1.54) is 35.4 Å². The van der Waals surface area contributed by atoms with Gasteiger partial charge in [0, 0.05) is 11.1 Å². The number of esters is 1. The lowest BCUT2D eigenvalue weighted by atomic mass is 10.1. The third-order valence-electron chi connectivity index (χ3n) is 3.79. The molecule has 2 heterocycles. The number of ether oxygens (including phenoxy) is 1. The van der Waals surface area contributed by atoms with Crippen LogP contribution in [0.25, 0.3) is 0 Å². The normalized spacial score (nSPS) is 11.8.